The standard InChI is InChI=1S/C32H16N8.Al.Y/c1-2-10-18-17(9-1)25-33-26(18)38-28-21-13-5-6-14-22(21)30(35-28)40-32-24-16-8-7-15-23(24)31(36-32)39-29-20-12-4-3-11-19(20)27(34-29)37-25;;/h1-16H;;/q-2;+2;. The number of nitrogens with zero attached hydrogens (tertiary/aromatic N) is 8. The first-order valence-corrected chi connectivity index (χ1v) is 14.4. The van der Waals surface area contributed by atoms with Gasteiger partial charge in [0.2, 0.25) is 0 Å². The number of hydrogen-bond acceptors (Lipinski definition) is 6. The van der Waals surface area contributed by atoms with Crippen LogP contribution in [0, 0.1) is 0 Å². The van der Waals surface area contributed by atoms with Crippen LogP contribution in [-0.4, -0.2) is 46.1 Å². The second-order valence-corrected chi connectivity index (χ2v) is 11.6. The van der Waals surface area contributed by atoms with Crippen molar-refractivity contribution in [1.29, 1.82) is 0 Å². The Morgan fingerprint density at radius 1 is 0.381 bits per heavy atom. The van der Waals surface area contributed by atoms with Crippen molar-refractivity contribution in [2.45, 2.75) is 0 Å². The van der Waals surface area contributed by atoms with E-state index in [1.165, 1.54) is 0 Å². The van der Waals surface area contributed by atoms with E-state index in [0.29, 0.717) is 23.3 Å². The minimum Gasteiger partial charge on any atom is -0.389 e. The van der Waals surface area contributed by atoms with Gasteiger partial charge in [-0.15, -0.1) is 0 Å². The van der Waals surface area contributed by atoms with Crippen molar-refractivity contribution in [3.8, 4) is 0 Å². The summed E-state index contributed by atoms with van der Waals surface area (Å²) in [5.74, 6) is 4.31. The average molecular weight is 628 g/mol. The quantitative estimate of drug-likeness (QED) is 0.223. The van der Waals surface area contributed by atoms with Crippen LogP contribution >= 0.6 is 0 Å². The van der Waals surface area contributed by atoms with Gasteiger partial charge in [0.25, 0.3) is 0 Å². The van der Waals surface area contributed by atoms with Crippen LogP contribution in [0.3, 0.4) is 0 Å². The fourth-order valence-corrected chi connectivity index (χ4v) is 7.64. The molecule has 0 fully saturated rings. The van der Waals surface area contributed by atoms with Gasteiger partial charge < -0.3 is 7.10 Å². The van der Waals surface area contributed by atoms with E-state index in [0.717, 1.165) is 66.4 Å². The third-order valence-corrected chi connectivity index (χ3v) is 9.49. The molecule has 2 radical (unpaired) electrons. The molecular weight excluding hydrogens is 612 g/mol. The molecule has 0 saturated heterocycles. The van der Waals surface area contributed by atoms with Crippen molar-refractivity contribution in [2.24, 2.45) is 30.0 Å². The SMILES string of the molecule is [Y].c1ccc2c(c1)C1=NC2=Nc2c3ccccc3c3[n]2[Al][n]2c(c4ccccc4c2=NC2=NC(=N3)c3ccccc32)=N1. The van der Waals surface area contributed by atoms with Gasteiger partial charge in [-0.3, -0.25) is 0 Å². The van der Waals surface area contributed by atoms with E-state index in [1.54, 1.807) is 0 Å². The van der Waals surface area contributed by atoms with Crippen LogP contribution in [0.15, 0.2) is 127 Å². The monoisotopic (exact) mass is 628 g/mol. The molecule has 8 nitrogen and oxygen atoms in total. The van der Waals surface area contributed by atoms with E-state index in [4.69, 9.17) is 30.0 Å². The van der Waals surface area contributed by atoms with Crippen LogP contribution in [-0.2, 0) is 32.7 Å². The van der Waals surface area contributed by atoms with Crippen molar-refractivity contribution in [3.05, 3.63) is 130 Å². The molecule has 0 amide bonds. The maximum atomic E-state index is 5.24. The Hall–Kier alpha value is -4.12. The molecule has 0 unspecified atom stereocenters. The summed E-state index contributed by atoms with van der Waals surface area (Å²) >= 11 is -0.639. The summed E-state index contributed by atoms with van der Waals surface area (Å²) in [6.45, 7) is 0. The number of benzene rings is 4. The minimum absolute atomic E-state index is 0. The summed E-state index contributed by atoms with van der Waals surface area (Å²) in [7, 11) is 0. The molecule has 6 bridgehead atoms. The van der Waals surface area contributed by atoms with Crippen molar-refractivity contribution < 1.29 is 32.7 Å². The number of rotatable bonds is 0. The van der Waals surface area contributed by atoms with Gasteiger partial charge in [-0.2, -0.15) is 0 Å². The van der Waals surface area contributed by atoms with Gasteiger partial charge in [0, 0.05) is 76.5 Å². The molecule has 10 heteroatoms. The predicted octanol–water partition coefficient (Wildman–Crippen LogP) is 4.47. The second kappa shape index (κ2) is 8.94. The number of aromatic nitrogens is 2. The molecule has 4 aliphatic rings. The third kappa shape index (κ3) is 3.25. The molecule has 0 aliphatic carbocycles. The fraction of sp³-hybridized carbons (Fsp3) is 0. The van der Waals surface area contributed by atoms with Crippen LogP contribution in [0.2, 0.25) is 0 Å². The van der Waals surface area contributed by atoms with Crippen LogP contribution < -0.4 is 11.0 Å². The Morgan fingerprint density at radius 3 is 1.17 bits per heavy atom. The Balaban J connectivity index is 0.00000250. The number of aliphatic imine (C=N–C) groups is 4. The van der Waals surface area contributed by atoms with Crippen molar-refractivity contribution in [2.75, 3.05) is 0 Å². The number of amidine groups is 4. The number of fused-ring (bicyclic) bond motifs is 14. The Kier molecular flexibility index (Phi) is 5.21. The first kappa shape index (κ1) is 24.5. The van der Waals surface area contributed by atoms with E-state index in [-0.39, 0.29) is 32.7 Å². The second-order valence-electron chi connectivity index (χ2n) is 10.3. The van der Waals surface area contributed by atoms with Crippen molar-refractivity contribution >= 4 is 72.2 Å². The zero-order valence-corrected chi connectivity index (χ0v) is 26.0. The molecule has 0 atom stereocenters. The molecule has 4 aromatic carbocycles. The third-order valence-electron chi connectivity index (χ3n) is 8.05. The van der Waals surface area contributed by atoms with E-state index < -0.39 is 15.7 Å². The van der Waals surface area contributed by atoms with Gasteiger partial charge in [0.05, 0.1) is 0 Å². The average Bonchev–Trinajstić information content (AvgIpc) is 3.72. The summed E-state index contributed by atoms with van der Waals surface area (Å²) in [5, 5.41) is 4.10. The predicted molar refractivity (Wildman–Crippen MR) is 161 cm³/mol. The fourth-order valence-electron chi connectivity index (χ4n) is 6.19. The van der Waals surface area contributed by atoms with Gasteiger partial charge >= 0.3 is 15.7 Å². The molecular formula is C32H16AlN8Y. The maximum Gasteiger partial charge on any atom is 0.568 e. The van der Waals surface area contributed by atoms with Crippen LogP contribution in [0.4, 0.5) is 11.6 Å². The van der Waals surface area contributed by atoms with E-state index in [2.05, 4.69) is 79.9 Å². The molecule has 0 spiro atoms. The molecule has 2 aromatic heterocycles. The van der Waals surface area contributed by atoms with Gasteiger partial charge in [-0.25, -0.2) is 30.0 Å². The van der Waals surface area contributed by atoms with Gasteiger partial charge in [0.15, 0.2) is 23.3 Å². The zero-order chi connectivity index (χ0) is 26.7. The number of hydrogen-bond donors (Lipinski definition) is 0. The summed E-state index contributed by atoms with van der Waals surface area (Å²) in [5.41, 5.74) is 5.56. The van der Waals surface area contributed by atoms with Crippen LogP contribution in [0.25, 0.3) is 21.5 Å². The molecule has 4 aliphatic heterocycles. The maximum absolute atomic E-state index is 5.24. The van der Waals surface area contributed by atoms with Crippen molar-refractivity contribution in [3.63, 3.8) is 0 Å². The summed E-state index contributed by atoms with van der Waals surface area (Å²) in [6, 6.07) is 33.0. The van der Waals surface area contributed by atoms with Gasteiger partial charge in [-0.05, 0) is 0 Å². The van der Waals surface area contributed by atoms with Gasteiger partial charge in [-0.1, -0.05) is 97.1 Å². The molecule has 10 rings (SSSR count). The molecule has 6 aromatic rings. The van der Waals surface area contributed by atoms with Crippen LogP contribution in [0.5, 0.6) is 0 Å². The first-order chi connectivity index (χ1) is 20.3. The summed E-state index contributed by atoms with van der Waals surface area (Å²) in [6.07, 6.45) is 0. The summed E-state index contributed by atoms with van der Waals surface area (Å²) < 4.78 is 4.48. The van der Waals surface area contributed by atoms with Gasteiger partial charge in [0.1, 0.15) is 22.6 Å². The van der Waals surface area contributed by atoms with E-state index in [1.807, 2.05) is 24.3 Å². The Labute approximate surface area is 270 Å². The molecule has 42 heavy (non-hydrogen) atoms. The van der Waals surface area contributed by atoms with Crippen molar-refractivity contribution in [1.82, 2.24) is 7.10 Å². The first-order valence-electron chi connectivity index (χ1n) is 13.4. The Morgan fingerprint density at radius 2 is 0.738 bits per heavy atom. The van der Waals surface area contributed by atoms with E-state index >= 15 is 0 Å². The Bertz CT molecular complexity index is 2300. The smallest absolute Gasteiger partial charge is 0.389 e. The van der Waals surface area contributed by atoms with E-state index in [9.17, 15) is 0 Å². The molecule has 6 heterocycles. The minimum atomic E-state index is -0.639. The molecule has 0 saturated carbocycles. The zero-order valence-electron chi connectivity index (χ0n) is 22.0. The largest absolute Gasteiger partial charge is 0.568 e. The molecule has 190 valence electrons. The topological polar surface area (TPSA) is 84.0 Å². The van der Waals surface area contributed by atoms with Crippen LogP contribution in [0.1, 0.15) is 22.3 Å². The summed E-state index contributed by atoms with van der Waals surface area (Å²) in [4.78, 5) is 31.0. The molecule has 0 N–H and O–H groups in total. The normalized spacial score (nSPS) is 15.1.